The van der Waals surface area contributed by atoms with Crippen LogP contribution in [0.15, 0.2) is 6.20 Å². The monoisotopic (exact) mass is 730 g/mol. The van der Waals surface area contributed by atoms with Gasteiger partial charge in [0.15, 0.2) is 6.29 Å². The molecule has 0 unspecified atom stereocenters. The highest BCUT2D eigenvalue weighted by molar-refractivity contribution is 5.73. The van der Waals surface area contributed by atoms with Crippen LogP contribution in [-0.4, -0.2) is 132 Å². The molecule has 2 aromatic rings. The molecule has 1 amide bonds. The number of aromatic nitrogens is 3. The number of carbonyl (C=O) groups is 2. The van der Waals surface area contributed by atoms with Gasteiger partial charge in [-0.2, -0.15) is 8.78 Å². The Morgan fingerprint density at radius 2 is 1.32 bits per heavy atom. The van der Waals surface area contributed by atoms with Crippen LogP contribution in [0, 0.1) is 29.1 Å². The van der Waals surface area contributed by atoms with Gasteiger partial charge in [-0.15, -0.1) is 5.10 Å². The molecule has 0 bridgehead atoms. The SMILES string of the molecule is NC(=O)CC[C@H]1O[C@H](OCCc2cn(CCOCCOCCOCCOCCC(=O)Oc3c(F)c(F)c(F)c(F)c3F)nn2)[C@@H](O)[C@@H](O)[C@@H]1O. The Balaban J connectivity index is 1.15. The Morgan fingerprint density at radius 3 is 1.92 bits per heavy atom. The lowest BCUT2D eigenvalue weighted by atomic mass is 9.96. The van der Waals surface area contributed by atoms with E-state index < -0.39 is 83.8 Å². The van der Waals surface area contributed by atoms with Gasteiger partial charge in [0.2, 0.25) is 40.7 Å². The summed E-state index contributed by atoms with van der Waals surface area (Å²) in [6.07, 6.45) is -5.11. The van der Waals surface area contributed by atoms with E-state index in [-0.39, 0.29) is 59.1 Å². The number of carbonyl (C=O) groups excluding carboxylic acids is 2. The first-order valence-corrected chi connectivity index (χ1v) is 15.4. The maximum absolute atomic E-state index is 13.6. The molecule has 0 aliphatic carbocycles. The normalized spacial score (nSPS) is 20.7. The van der Waals surface area contributed by atoms with E-state index in [1.165, 1.54) is 0 Å². The van der Waals surface area contributed by atoms with Gasteiger partial charge in [0.25, 0.3) is 0 Å². The number of amides is 1. The number of nitrogens with two attached hydrogens (primary N) is 1. The Kier molecular flexibility index (Phi) is 17.3. The van der Waals surface area contributed by atoms with Crippen molar-refractivity contribution in [3.05, 3.63) is 41.0 Å². The average Bonchev–Trinajstić information content (AvgIpc) is 3.55. The predicted molar refractivity (Wildman–Crippen MR) is 155 cm³/mol. The molecule has 1 saturated heterocycles. The number of aliphatic hydroxyl groups is 3. The summed E-state index contributed by atoms with van der Waals surface area (Å²) in [6.45, 7) is 1.76. The third-order valence-corrected chi connectivity index (χ3v) is 6.99. The molecule has 5 N–H and O–H groups in total. The fourth-order valence-electron chi connectivity index (χ4n) is 4.33. The molecule has 50 heavy (non-hydrogen) atoms. The van der Waals surface area contributed by atoms with Crippen molar-refractivity contribution in [2.45, 2.75) is 62.9 Å². The zero-order valence-corrected chi connectivity index (χ0v) is 26.7. The number of rotatable bonds is 23. The van der Waals surface area contributed by atoms with Gasteiger partial charge in [0.05, 0.1) is 84.2 Å². The Morgan fingerprint density at radius 1 is 0.760 bits per heavy atom. The first kappa shape index (κ1) is 41.0. The second-order valence-electron chi connectivity index (χ2n) is 10.7. The molecular formula is C29H39F5N4O12. The van der Waals surface area contributed by atoms with Crippen LogP contribution in [0.5, 0.6) is 5.75 Å². The number of benzene rings is 1. The van der Waals surface area contributed by atoms with Gasteiger partial charge in [-0.3, -0.25) is 9.59 Å². The first-order valence-electron chi connectivity index (χ1n) is 15.4. The summed E-state index contributed by atoms with van der Waals surface area (Å²) in [5.41, 5.74) is 5.71. The highest BCUT2D eigenvalue weighted by Crippen LogP contribution is 2.29. The lowest BCUT2D eigenvalue weighted by Gasteiger charge is -2.40. The van der Waals surface area contributed by atoms with E-state index in [9.17, 15) is 46.9 Å². The van der Waals surface area contributed by atoms with Gasteiger partial charge in [0, 0.05) is 19.0 Å². The van der Waals surface area contributed by atoms with Gasteiger partial charge >= 0.3 is 5.97 Å². The van der Waals surface area contributed by atoms with E-state index >= 15 is 0 Å². The smallest absolute Gasteiger partial charge is 0.313 e. The van der Waals surface area contributed by atoms with Crippen molar-refractivity contribution in [3.8, 4) is 5.75 Å². The quantitative estimate of drug-likeness (QED) is 0.0288. The van der Waals surface area contributed by atoms with Gasteiger partial charge in [-0.25, -0.2) is 17.9 Å². The molecule has 1 aromatic heterocycles. The number of aliphatic hydroxyl groups excluding tert-OH is 3. The molecular weight excluding hydrogens is 691 g/mol. The minimum absolute atomic E-state index is 0.0449. The molecule has 16 nitrogen and oxygen atoms in total. The Labute approximate surface area is 282 Å². The summed E-state index contributed by atoms with van der Waals surface area (Å²) in [7, 11) is 0. The van der Waals surface area contributed by atoms with Crippen molar-refractivity contribution in [3.63, 3.8) is 0 Å². The fraction of sp³-hybridized carbons (Fsp3) is 0.655. The van der Waals surface area contributed by atoms with E-state index in [0.717, 1.165) is 0 Å². The van der Waals surface area contributed by atoms with Crippen LogP contribution < -0.4 is 10.5 Å². The summed E-state index contributed by atoms with van der Waals surface area (Å²) < 4.78 is 105. The molecule has 5 atom stereocenters. The Hall–Kier alpha value is -3.41. The molecule has 1 aliphatic heterocycles. The number of ether oxygens (including phenoxy) is 7. The van der Waals surface area contributed by atoms with Crippen LogP contribution in [0.1, 0.15) is 25.0 Å². The lowest BCUT2D eigenvalue weighted by molar-refractivity contribution is -0.297. The number of hydrogen-bond donors (Lipinski definition) is 4. The van der Waals surface area contributed by atoms with E-state index in [1.54, 1.807) is 10.9 Å². The summed E-state index contributed by atoms with van der Waals surface area (Å²) in [5, 5.41) is 38.3. The van der Waals surface area contributed by atoms with Crippen molar-refractivity contribution in [1.82, 2.24) is 15.0 Å². The summed E-state index contributed by atoms with van der Waals surface area (Å²) in [5.74, 6) is -14.9. The molecule has 1 aromatic carbocycles. The van der Waals surface area contributed by atoms with Gasteiger partial charge in [-0.05, 0) is 6.42 Å². The molecule has 282 valence electrons. The zero-order chi connectivity index (χ0) is 36.6. The van der Waals surface area contributed by atoms with Crippen molar-refractivity contribution >= 4 is 11.9 Å². The molecule has 0 saturated carbocycles. The van der Waals surface area contributed by atoms with Crippen LogP contribution in [0.4, 0.5) is 22.0 Å². The van der Waals surface area contributed by atoms with Crippen molar-refractivity contribution in [2.24, 2.45) is 5.73 Å². The summed E-state index contributed by atoms with van der Waals surface area (Å²) in [6, 6.07) is 0. The molecule has 1 fully saturated rings. The Bertz CT molecular complexity index is 1350. The topological polar surface area (TPSA) is 216 Å². The van der Waals surface area contributed by atoms with Crippen LogP contribution >= 0.6 is 0 Å². The van der Waals surface area contributed by atoms with Crippen molar-refractivity contribution in [2.75, 3.05) is 59.5 Å². The van der Waals surface area contributed by atoms with Crippen LogP contribution in [-0.2, 0) is 51.0 Å². The number of primary amides is 1. The van der Waals surface area contributed by atoms with E-state index in [4.69, 9.17) is 34.2 Å². The van der Waals surface area contributed by atoms with E-state index in [0.29, 0.717) is 31.9 Å². The number of halogens is 5. The maximum atomic E-state index is 13.6. The predicted octanol–water partition coefficient (Wildman–Crippen LogP) is -0.332. The summed E-state index contributed by atoms with van der Waals surface area (Å²) >= 11 is 0. The largest absolute Gasteiger partial charge is 0.420 e. The lowest BCUT2D eigenvalue weighted by Crippen LogP contribution is -2.58. The maximum Gasteiger partial charge on any atom is 0.313 e. The average molecular weight is 731 g/mol. The number of esters is 1. The van der Waals surface area contributed by atoms with Gasteiger partial charge in [0.1, 0.15) is 18.3 Å². The van der Waals surface area contributed by atoms with Crippen LogP contribution in [0.25, 0.3) is 0 Å². The van der Waals surface area contributed by atoms with E-state index in [1.807, 2.05) is 0 Å². The highest BCUT2D eigenvalue weighted by atomic mass is 19.2. The zero-order valence-electron chi connectivity index (χ0n) is 26.7. The van der Waals surface area contributed by atoms with Crippen LogP contribution in [0.2, 0.25) is 0 Å². The van der Waals surface area contributed by atoms with Crippen molar-refractivity contribution < 1.29 is 80.0 Å². The van der Waals surface area contributed by atoms with Crippen molar-refractivity contribution in [1.29, 1.82) is 0 Å². The number of hydrogen-bond acceptors (Lipinski definition) is 14. The minimum atomic E-state index is -2.36. The first-order chi connectivity index (χ1) is 23.9. The van der Waals surface area contributed by atoms with E-state index in [2.05, 4.69) is 15.0 Å². The molecule has 0 radical (unpaired) electrons. The minimum Gasteiger partial charge on any atom is -0.420 e. The third-order valence-electron chi connectivity index (χ3n) is 6.99. The third kappa shape index (κ3) is 12.7. The van der Waals surface area contributed by atoms with Gasteiger partial charge in [-0.1, -0.05) is 5.21 Å². The second-order valence-corrected chi connectivity index (χ2v) is 10.7. The molecule has 21 heteroatoms. The molecule has 0 spiro atoms. The van der Waals surface area contributed by atoms with Gasteiger partial charge < -0.3 is 54.2 Å². The molecule has 2 heterocycles. The number of nitrogens with zero attached hydrogens (tertiary/aromatic N) is 3. The standard InChI is InChI=1S/C29H39F5N4O12/c30-20-21(31)23(33)28(24(34)22(20)32)50-19(40)4-6-44-9-11-46-13-14-47-12-10-45-8-5-38-15-16(36-37-38)3-7-48-29-27(43)26(42)25(41)17(49-29)1-2-18(35)39/h15,17,25-27,29,41-43H,1-14H2,(H2,35,39)/t17-,25-,26+,27+,29+/m1/s1. The summed E-state index contributed by atoms with van der Waals surface area (Å²) in [4.78, 5) is 22.7. The van der Waals surface area contributed by atoms with Crippen LogP contribution in [0.3, 0.4) is 0 Å². The second kappa shape index (κ2) is 21.1. The fourth-order valence-corrected chi connectivity index (χ4v) is 4.33. The molecule has 3 rings (SSSR count). The molecule has 1 aliphatic rings. The highest BCUT2D eigenvalue weighted by Gasteiger charge is 2.44.